The first kappa shape index (κ1) is 7.46. The van der Waals surface area contributed by atoms with Crippen molar-refractivity contribution in [2.45, 2.75) is 6.04 Å². The first-order valence-electron chi connectivity index (χ1n) is 3.75. The summed E-state index contributed by atoms with van der Waals surface area (Å²) in [5.74, 6) is 5.08. The lowest BCUT2D eigenvalue weighted by Gasteiger charge is -2.08. The summed E-state index contributed by atoms with van der Waals surface area (Å²) in [6, 6.07) is 4.72. The third-order valence-electron chi connectivity index (χ3n) is 2.03. The largest absolute Gasteiger partial charge is 0.271 e. The highest BCUT2D eigenvalue weighted by molar-refractivity contribution is 5.61. The first-order chi connectivity index (χ1) is 5.81. The lowest BCUT2D eigenvalue weighted by molar-refractivity contribution is 0.622. The number of hydrogen-bond acceptors (Lipinski definition) is 2. The van der Waals surface area contributed by atoms with E-state index in [2.05, 4.69) is 5.43 Å². The smallest absolute Gasteiger partial charge is 0.123 e. The zero-order valence-corrected chi connectivity index (χ0v) is 6.42. The Balaban J connectivity index is 2.47. The Hall–Kier alpha value is -1.19. The summed E-state index contributed by atoms with van der Waals surface area (Å²) in [5.41, 5.74) is 4.56. The van der Waals surface area contributed by atoms with Crippen LogP contribution in [0.1, 0.15) is 17.2 Å². The number of halogens is 1. The molecule has 2 nitrogen and oxygen atoms in total. The number of nitrogens with two attached hydrogens (primary N) is 1. The third kappa shape index (κ3) is 1.03. The average molecular weight is 164 g/mol. The second-order valence-electron chi connectivity index (χ2n) is 2.78. The quantitative estimate of drug-likeness (QED) is 0.485. The normalized spacial score (nSPS) is 19.7. The lowest BCUT2D eigenvalue weighted by atomic mass is 10.1. The Kier molecular flexibility index (Phi) is 1.67. The Morgan fingerprint density at radius 1 is 1.42 bits per heavy atom. The van der Waals surface area contributed by atoms with Gasteiger partial charge in [0.1, 0.15) is 5.82 Å². The van der Waals surface area contributed by atoms with E-state index >= 15 is 0 Å². The van der Waals surface area contributed by atoms with Crippen LogP contribution in [0.4, 0.5) is 4.39 Å². The molecule has 0 amide bonds. The van der Waals surface area contributed by atoms with Gasteiger partial charge in [0.15, 0.2) is 0 Å². The molecule has 1 aliphatic carbocycles. The zero-order valence-electron chi connectivity index (χ0n) is 6.42. The van der Waals surface area contributed by atoms with E-state index < -0.39 is 0 Å². The minimum Gasteiger partial charge on any atom is -0.271 e. The van der Waals surface area contributed by atoms with E-state index in [0.29, 0.717) is 0 Å². The van der Waals surface area contributed by atoms with Crippen molar-refractivity contribution >= 4 is 6.08 Å². The molecule has 2 rings (SSSR count). The van der Waals surface area contributed by atoms with Crippen molar-refractivity contribution in [1.29, 1.82) is 0 Å². The number of rotatable bonds is 1. The van der Waals surface area contributed by atoms with Crippen LogP contribution in [0.25, 0.3) is 6.08 Å². The molecular formula is C9H9FN2. The highest BCUT2D eigenvalue weighted by atomic mass is 19.1. The molecular weight excluding hydrogens is 155 g/mol. The standard InChI is InChI=1S/C9H9FN2/c10-7-2-3-8-6(5-7)1-4-9(8)12-11/h1-5,9,12H,11H2. The van der Waals surface area contributed by atoms with Crippen LogP contribution in [0.2, 0.25) is 0 Å². The summed E-state index contributed by atoms with van der Waals surface area (Å²) in [7, 11) is 0. The number of hydrazine groups is 1. The van der Waals surface area contributed by atoms with Gasteiger partial charge in [0.25, 0.3) is 0 Å². The monoisotopic (exact) mass is 164 g/mol. The minimum atomic E-state index is -0.212. The molecule has 1 aliphatic rings. The molecule has 0 saturated carbocycles. The van der Waals surface area contributed by atoms with Crippen LogP contribution in [0.15, 0.2) is 24.3 Å². The fourth-order valence-corrected chi connectivity index (χ4v) is 1.42. The van der Waals surface area contributed by atoms with Gasteiger partial charge in [-0.15, -0.1) is 0 Å². The van der Waals surface area contributed by atoms with Gasteiger partial charge in [0.05, 0.1) is 6.04 Å². The summed E-state index contributed by atoms with van der Waals surface area (Å²) in [6.07, 6.45) is 3.77. The maximum atomic E-state index is 12.7. The topological polar surface area (TPSA) is 38.0 Å². The molecule has 0 radical (unpaired) electrons. The van der Waals surface area contributed by atoms with E-state index in [0.717, 1.165) is 11.1 Å². The van der Waals surface area contributed by atoms with Gasteiger partial charge in [-0.25, -0.2) is 9.82 Å². The average Bonchev–Trinajstić information content (AvgIpc) is 2.46. The highest BCUT2D eigenvalue weighted by Crippen LogP contribution is 2.27. The number of hydrogen-bond donors (Lipinski definition) is 2. The van der Waals surface area contributed by atoms with Crippen LogP contribution in [0.5, 0.6) is 0 Å². The van der Waals surface area contributed by atoms with Crippen LogP contribution in [-0.2, 0) is 0 Å². The van der Waals surface area contributed by atoms with E-state index in [-0.39, 0.29) is 11.9 Å². The van der Waals surface area contributed by atoms with Crippen molar-refractivity contribution in [2.75, 3.05) is 0 Å². The molecule has 12 heavy (non-hydrogen) atoms. The number of fused-ring (bicyclic) bond motifs is 1. The minimum absolute atomic E-state index is 0.0283. The molecule has 62 valence electrons. The van der Waals surface area contributed by atoms with Crippen LogP contribution >= 0.6 is 0 Å². The molecule has 1 unspecified atom stereocenters. The van der Waals surface area contributed by atoms with E-state index in [9.17, 15) is 4.39 Å². The lowest BCUT2D eigenvalue weighted by Crippen LogP contribution is -2.25. The zero-order chi connectivity index (χ0) is 8.55. The Labute approximate surface area is 69.9 Å². The fourth-order valence-electron chi connectivity index (χ4n) is 1.42. The predicted octanol–water partition coefficient (Wildman–Crippen LogP) is 1.36. The van der Waals surface area contributed by atoms with Gasteiger partial charge >= 0.3 is 0 Å². The second kappa shape index (κ2) is 2.69. The highest BCUT2D eigenvalue weighted by Gasteiger charge is 2.15. The first-order valence-corrected chi connectivity index (χ1v) is 3.75. The van der Waals surface area contributed by atoms with E-state index in [1.54, 1.807) is 6.07 Å². The number of nitrogens with one attached hydrogen (secondary N) is 1. The van der Waals surface area contributed by atoms with Gasteiger partial charge in [-0.05, 0) is 23.3 Å². The van der Waals surface area contributed by atoms with Crippen LogP contribution in [-0.4, -0.2) is 0 Å². The molecule has 0 aromatic heterocycles. The maximum absolute atomic E-state index is 12.7. The van der Waals surface area contributed by atoms with Gasteiger partial charge < -0.3 is 0 Å². The molecule has 1 aromatic rings. The van der Waals surface area contributed by atoms with Crippen molar-refractivity contribution < 1.29 is 4.39 Å². The van der Waals surface area contributed by atoms with Crippen LogP contribution < -0.4 is 11.3 Å². The van der Waals surface area contributed by atoms with E-state index in [1.807, 2.05) is 12.2 Å². The summed E-state index contributed by atoms with van der Waals surface area (Å²) in [5, 5.41) is 0. The second-order valence-corrected chi connectivity index (χ2v) is 2.78. The number of benzene rings is 1. The van der Waals surface area contributed by atoms with Gasteiger partial charge in [-0.2, -0.15) is 0 Å². The van der Waals surface area contributed by atoms with Crippen molar-refractivity contribution in [2.24, 2.45) is 5.84 Å². The van der Waals surface area contributed by atoms with E-state index in [4.69, 9.17) is 5.84 Å². The summed E-state index contributed by atoms with van der Waals surface area (Å²) < 4.78 is 12.7. The molecule has 0 fully saturated rings. The maximum Gasteiger partial charge on any atom is 0.123 e. The van der Waals surface area contributed by atoms with Crippen molar-refractivity contribution in [3.63, 3.8) is 0 Å². The summed E-state index contributed by atoms with van der Waals surface area (Å²) >= 11 is 0. The van der Waals surface area contributed by atoms with E-state index in [1.165, 1.54) is 12.1 Å². The van der Waals surface area contributed by atoms with Crippen molar-refractivity contribution in [3.8, 4) is 0 Å². The van der Waals surface area contributed by atoms with Crippen LogP contribution in [0, 0.1) is 5.82 Å². The molecule has 1 aromatic carbocycles. The fraction of sp³-hybridized carbons (Fsp3) is 0.111. The molecule has 0 spiro atoms. The molecule has 0 saturated heterocycles. The summed E-state index contributed by atoms with van der Waals surface area (Å²) in [4.78, 5) is 0. The molecule has 1 atom stereocenters. The Morgan fingerprint density at radius 2 is 2.25 bits per heavy atom. The van der Waals surface area contributed by atoms with Crippen LogP contribution in [0.3, 0.4) is 0 Å². The SMILES string of the molecule is NNC1C=Cc2cc(F)ccc21. The molecule has 0 heterocycles. The Bertz CT molecular complexity index is 333. The molecule has 0 bridgehead atoms. The summed E-state index contributed by atoms with van der Waals surface area (Å²) in [6.45, 7) is 0. The molecule has 0 aliphatic heterocycles. The van der Waals surface area contributed by atoms with Gasteiger partial charge in [-0.3, -0.25) is 5.84 Å². The van der Waals surface area contributed by atoms with Gasteiger partial charge in [0, 0.05) is 0 Å². The third-order valence-corrected chi connectivity index (χ3v) is 2.03. The molecule has 3 heteroatoms. The van der Waals surface area contributed by atoms with Gasteiger partial charge in [-0.1, -0.05) is 18.2 Å². The molecule has 3 N–H and O–H groups in total. The Morgan fingerprint density at radius 3 is 3.00 bits per heavy atom. The van der Waals surface area contributed by atoms with Crippen molar-refractivity contribution in [1.82, 2.24) is 5.43 Å². The van der Waals surface area contributed by atoms with Crippen molar-refractivity contribution in [3.05, 3.63) is 41.2 Å². The van der Waals surface area contributed by atoms with Gasteiger partial charge in [0.2, 0.25) is 0 Å². The predicted molar refractivity (Wildman–Crippen MR) is 45.5 cm³/mol.